The zero-order valence-corrected chi connectivity index (χ0v) is 18.4. The monoisotopic (exact) mass is 433 g/mol. The third-order valence-corrected chi connectivity index (χ3v) is 5.00. The van der Waals surface area contributed by atoms with Gasteiger partial charge in [-0.2, -0.15) is 0 Å². The number of aliphatic hydroxyl groups is 1. The van der Waals surface area contributed by atoms with Crippen LogP contribution in [0.5, 0.6) is 5.75 Å². The fraction of sp³-hybridized carbons (Fsp3) is 0.333. The number of carbonyl (C=O) groups is 1. The summed E-state index contributed by atoms with van der Waals surface area (Å²) in [5.74, 6) is 1.17. The van der Waals surface area contributed by atoms with Gasteiger partial charge in [-0.25, -0.2) is 15.0 Å². The SMILES string of the molecule is CC(C)(C)Oc1ccc(NC(=O)c2cnc(N3CC[C@@H](O)C3)c(-c3cncnc3)c2)cc1. The lowest BCUT2D eigenvalue weighted by molar-refractivity contribution is 0.102. The maximum atomic E-state index is 12.9. The minimum Gasteiger partial charge on any atom is -0.488 e. The van der Waals surface area contributed by atoms with E-state index in [-0.39, 0.29) is 17.6 Å². The second-order valence-electron chi connectivity index (χ2n) is 8.80. The number of aliphatic hydroxyl groups excluding tert-OH is 1. The Hall–Kier alpha value is -3.52. The number of hydrogen-bond acceptors (Lipinski definition) is 7. The molecule has 8 nitrogen and oxygen atoms in total. The molecule has 8 heteroatoms. The minimum absolute atomic E-state index is 0.270. The van der Waals surface area contributed by atoms with Gasteiger partial charge in [0.05, 0.1) is 11.7 Å². The highest BCUT2D eigenvalue weighted by Gasteiger charge is 2.25. The Balaban J connectivity index is 1.57. The number of rotatable bonds is 5. The Bertz CT molecular complexity index is 1080. The van der Waals surface area contributed by atoms with E-state index in [0.29, 0.717) is 36.6 Å². The molecule has 4 rings (SSSR count). The smallest absolute Gasteiger partial charge is 0.257 e. The standard InChI is InChI=1S/C24H27N5O3/c1-24(2,3)32-20-6-4-18(5-7-20)28-23(31)16-10-21(17-11-25-15-26-12-17)22(27-13-16)29-9-8-19(30)14-29/h4-7,10-13,15,19,30H,8-9,14H2,1-3H3,(H,28,31)/t19-/m1/s1. The van der Waals surface area contributed by atoms with Gasteiger partial charge >= 0.3 is 0 Å². The van der Waals surface area contributed by atoms with E-state index in [1.165, 1.54) is 6.33 Å². The number of carbonyl (C=O) groups excluding carboxylic acids is 1. The molecule has 166 valence electrons. The summed E-state index contributed by atoms with van der Waals surface area (Å²) in [7, 11) is 0. The number of hydrogen-bond donors (Lipinski definition) is 2. The normalized spacial score (nSPS) is 16.1. The molecule has 1 atom stereocenters. The van der Waals surface area contributed by atoms with Gasteiger partial charge in [0.25, 0.3) is 5.91 Å². The molecule has 3 aromatic rings. The van der Waals surface area contributed by atoms with Crippen LogP contribution in [0.15, 0.2) is 55.2 Å². The van der Waals surface area contributed by atoms with Crippen molar-refractivity contribution < 1.29 is 14.6 Å². The molecule has 2 aromatic heterocycles. The maximum Gasteiger partial charge on any atom is 0.257 e. The predicted molar refractivity (Wildman–Crippen MR) is 123 cm³/mol. The average Bonchev–Trinajstić information content (AvgIpc) is 3.20. The van der Waals surface area contributed by atoms with Crippen LogP contribution in [-0.4, -0.2) is 50.8 Å². The van der Waals surface area contributed by atoms with E-state index in [2.05, 4.69) is 20.3 Å². The zero-order valence-electron chi connectivity index (χ0n) is 18.4. The van der Waals surface area contributed by atoms with Crippen molar-refractivity contribution >= 4 is 17.4 Å². The van der Waals surface area contributed by atoms with Crippen molar-refractivity contribution in [3.05, 3.63) is 60.8 Å². The van der Waals surface area contributed by atoms with Gasteiger partial charge in [-0.05, 0) is 57.5 Å². The highest BCUT2D eigenvalue weighted by atomic mass is 16.5. The molecule has 1 amide bonds. The van der Waals surface area contributed by atoms with Crippen LogP contribution < -0.4 is 15.0 Å². The molecular formula is C24H27N5O3. The topological polar surface area (TPSA) is 100 Å². The molecule has 0 aliphatic carbocycles. The summed E-state index contributed by atoms with van der Waals surface area (Å²) in [6.07, 6.45) is 6.69. The van der Waals surface area contributed by atoms with Crippen molar-refractivity contribution in [1.29, 1.82) is 0 Å². The predicted octanol–water partition coefficient (Wildman–Crippen LogP) is 3.54. The molecule has 2 N–H and O–H groups in total. The van der Waals surface area contributed by atoms with E-state index in [4.69, 9.17) is 4.74 Å². The van der Waals surface area contributed by atoms with E-state index < -0.39 is 0 Å². The summed E-state index contributed by atoms with van der Waals surface area (Å²) < 4.78 is 5.82. The fourth-order valence-electron chi connectivity index (χ4n) is 3.58. The van der Waals surface area contributed by atoms with Crippen molar-refractivity contribution in [1.82, 2.24) is 15.0 Å². The van der Waals surface area contributed by atoms with Crippen molar-refractivity contribution in [2.24, 2.45) is 0 Å². The number of amides is 1. The van der Waals surface area contributed by atoms with Gasteiger partial charge in [0.2, 0.25) is 0 Å². The third-order valence-electron chi connectivity index (χ3n) is 5.00. The van der Waals surface area contributed by atoms with Crippen LogP contribution in [0.2, 0.25) is 0 Å². The second-order valence-corrected chi connectivity index (χ2v) is 8.80. The van der Waals surface area contributed by atoms with Gasteiger partial charge in [-0.15, -0.1) is 0 Å². The average molecular weight is 434 g/mol. The molecule has 1 aromatic carbocycles. The Morgan fingerprint density at radius 2 is 1.88 bits per heavy atom. The van der Waals surface area contributed by atoms with Crippen LogP contribution in [0, 0.1) is 0 Å². The summed E-state index contributed by atoms with van der Waals surface area (Å²) in [6, 6.07) is 9.05. The molecule has 3 heterocycles. The van der Waals surface area contributed by atoms with E-state index in [1.54, 1.807) is 36.8 Å². The molecule has 32 heavy (non-hydrogen) atoms. The molecule has 0 saturated carbocycles. The quantitative estimate of drug-likeness (QED) is 0.635. The molecule has 1 aliphatic heterocycles. The molecule has 1 aliphatic rings. The highest BCUT2D eigenvalue weighted by molar-refractivity contribution is 6.05. The van der Waals surface area contributed by atoms with Crippen LogP contribution in [0.3, 0.4) is 0 Å². The summed E-state index contributed by atoms with van der Waals surface area (Å²) >= 11 is 0. The number of benzene rings is 1. The first-order valence-electron chi connectivity index (χ1n) is 10.6. The summed E-state index contributed by atoms with van der Waals surface area (Å²) in [5, 5.41) is 12.8. The Labute approximate surface area is 187 Å². The second kappa shape index (κ2) is 8.92. The Kier molecular flexibility index (Phi) is 6.05. The molecule has 0 bridgehead atoms. The fourth-order valence-corrected chi connectivity index (χ4v) is 3.58. The Morgan fingerprint density at radius 3 is 2.50 bits per heavy atom. The lowest BCUT2D eigenvalue weighted by Crippen LogP contribution is -2.23. The van der Waals surface area contributed by atoms with E-state index in [1.807, 2.05) is 37.8 Å². The number of nitrogens with zero attached hydrogens (tertiary/aromatic N) is 4. The largest absolute Gasteiger partial charge is 0.488 e. The van der Waals surface area contributed by atoms with Crippen molar-refractivity contribution in [2.75, 3.05) is 23.3 Å². The van der Waals surface area contributed by atoms with Crippen LogP contribution in [0.1, 0.15) is 37.6 Å². The highest BCUT2D eigenvalue weighted by Crippen LogP contribution is 2.31. The first-order chi connectivity index (χ1) is 15.3. The maximum absolute atomic E-state index is 12.9. The molecular weight excluding hydrogens is 406 g/mol. The summed E-state index contributed by atoms with van der Waals surface area (Å²) in [6.45, 7) is 7.15. The first-order valence-corrected chi connectivity index (χ1v) is 10.6. The number of anilines is 2. The Morgan fingerprint density at radius 1 is 1.16 bits per heavy atom. The van der Waals surface area contributed by atoms with Gasteiger partial charge in [0.1, 0.15) is 23.5 Å². The first kappa shape index (κ1) is 21.7. The van der Waals surface area contributed by atoms with Gasteiger partial charge in [-0.1, -0.05) is 0 Å². The zero-order chi connectivity index (χ0) is 22.7. The molecule has 1 fully saturated rings. The lowest BCUT2D eigenvalue weighted by atomic mass is 10.1. The summed E-state index contributed by atoms with van der Waals surface area (Å²) in [4.78, 5) is 27.7. The van der Waals surface area contributed by atoms with E-state index in [9.17, 15) is 9.90 Å². The molecule has 0 spiro atoms. The molecule has 0 radical (unpaired) electrons. The minimum atomic E-state index is -0.384. The van der Waals surface area contributed by atoms with Gasteiger partial charge in [0, 0.05) is 48.5 Å². The summed E-state index contributed by atoms with van der Waals surface area (Å²) in [5.41, 5.74) is 2.30. The number of β-amino-alcohol motifs (C(OH)–C–C–N with tert-alkyl or cyclic N) is 1. The van der Waals surface area contributed by atoms with Crippen molar-refractivity contribution in [2.45, 2.75) is 38.9 Å². The number of nitrogens with one attached hydrogen (secondary N) is 1. The third kappa shape index (κ3) is 5.20. The van der Waals surface area contributed by atoms with Crippen LogP contribution in [0.25, 0.3) is 11.1 Å². The van der Waals surface area contributed by atoms with Crippen molar-refractivity contribution in [3.8, 4) is 16.9 Å². The number of pyridine rings is 1. The lowest BCUT2D eigenvalue weighted by Gasteiger charge is -2.21. The van der Waals surface area contributed by atoms with E-state index in [0.717, 1.165) is 16.9 Å². The number of ether oxygens (including phenoxy) is 1. The van der Waals surface area contributed by atoms with Crippen LogP contribution >= 0.6 is 0 Å². The molecule has 0 unspecified atom stereocenters. The van der Waals surface area contributed by atoms with Gasteiger partial charge in [-0.3, -0.25) is 4.79 Å². The van der Waals surface area contributed by atoms with Gasteiger partial charge in [0.15, 0.2) is 0 Å². The molecule has 1 saturated heterocycles. The van der Waals surface area contributed by atoms with Crippen LogP contribution in [-0.2, 0) is 0 Å². The van der Waals surface area contributed by atoms with E-state index >= 15 is 0 Å². The number of aromatic nitrogens is 3. The van der Waals surface area contributed by atoms with Gasteiger partial charge < -0.3 is 20.1 Å². The van der Waals surface area contributed by atoms with Crippen LogP contribution in [0.4, 0.5) is 11.5 Å². The van der Waals surface area contributed by atoms with Crippen molar-refractivity contribution in [3.63, 3.8) is 0 Å².